The maximum Gasteiger partial charge on any atom is 0.267 e. The normalized spacial score (nSPS) is 22.6. The molecule has 2 aliphatic rings. The van der Waals surface area contributed by atoms with Crippen molar-refractivity contribution in [2.24, 2.45) is 0 Å². The van der Waals surface area contributed by atoms with E-state index in [1.165, 1.54) is 0 Å². The van der Waals surface area contributed by atoms with Crippen molar-refractivity contribution in [2.75, 3.05) is 23.3 Å². The van der Waals surface area contributed by atoms with Gasteiger partial charge >= 0.3 is 0 Å². The number of hydrogen-bond acceptors (Lipinski definition) is 5. The van der Waals surface area contributed by atoms with Crippen molar-refractivity contribution in [3.8, 4) is 17.3 Å². The minimum absolute atomic E-state index is 0.218. The van der Waals surface area contributed by atoms with Crippen LogP contribution in [-0.2, 0) is 4.79 Å². The quantitative estimate of drug-likeness (QED) is 0.784. The van der Waals surface area contributed by atoms with E-state index in [0.29, 0.717) is 24.5 Å². The van der Waals surface area contributed by atoms with Gasteiger partial charge < -0.3 is 10.6 Å². The summed E-state index contributed by atoms with van der Waals surface area (Å²) in [6.45, 7) is 1.25. The average Bonchev–Trinajstić information content (AvgIpc) is 3.06. The number of rotatable bonds is 1. The summed E-state index contributed by atoms with van der Waals surface area (Å²) >= 11 is 0. The van der Waals surface area contributed by atoms with Gasteiger partial charge in [-0.3, -0.25) is 4.79 Å². The number of pyridine rings is 1. The lowest BCUT2D eigenvalue weighted by atomic mass is 9.93. The molecular weight excluding hydrogens is 290 g/mol. The number of nitrogens with zero attached hydrogens (tertiary/aromatic N) is 3. The number of anilines is 2. The van der Waals surface area contributed by atoms with E-state index in [1.54, 1.807) is 6.20 Å². The van der Waals surface area contributed by atoms with Crippen molar-refractivity contribution in [1.82, 2.24) is 10.3 Å². The molecule has 1 atom stereocenters. The van der Waals surface area contributed by atoms with E-state index in [1.807, 2.05) is 42.6 Å². The minimum atomic E-state index is -0.760. The Labute approximate surface area is 133 Å². The van der Waals surface area contributed by atoms with Crippen LogP contribution in [0.25, 0.3) is 11.1 Å². The third kappa shape index (κ3) is 2.05. The number of aromatic nitrogens is 1. The van der Waals surface area contributed by atoms with Crippen LogP contribution in [0.1, 0.15) is 6.42 Å². The maximum atomic E-state index is 12.8. The van der Waals surface area contributed by atoms with Crippen LogP contribution in [0.5, 0.6) is 0 Å². The summed E-state index contributed by atoms with van der Waals surface area (Å²) in [6.07, 6.45) is 4.43. The zero-order valence-corrected chi connectivity index (χ0v) is 12.4. The number of carbonyl (C=O) groups excluding carboxylic acids is 1. The fourth-order valence-electron chi connectivity index (χ4n) is 3.19. The molecule has 114 valence electrons. The molecule has 6 heteroatoms. The second-order valence-electron chi connectivity index (χ2n) is 5.83. The van der Waals surface area contributed by atoms with Crippen molar-refractivity contribution in [3.63, 3.8) is 0 Å². The molecule has 2 aromatic rings. The SMILES string of the molecule is N#CN1C(=O)C2(CCNC2)Nc2ncc(-c3ccccc3)cc21. The highest BCUT2D eigenvalue weighted by atomic mass is 16.2. The van der Waals surface area contributed by atoms with E-state index in [0.717, 1.165) is 22.6 Å². The van der Waals surface area contributed by atoms with Crippen LogP contribution in [0, 0.1) is 11.5 Å². The Morgan fingerprint density at radius 2 is 2.09 bits per heavy atom. The fraction of sp³-hybridized carbons (Fsp3) is 0.235. The lowest BCUT2D eigenvalue weighted by Gasteiger charge is -2.37. The predicted octanol–water partition coefficient (Wildman–Crippen LogP) is 1.72. The van der Waals surface area contributed by atoms with Crippen LogP contribution in [0.2, 0.25) is 0 Å². The number of benzene rings is 1. The second-order valence-corrected chi connectivity index (χ2v) is 5.83. The molecule has 2 N–H and O–H groups in total. The van der Waals surface area contributed by atoms with Crippen molar-refractivity contribution < 1.29 is 4.79 Å². The molecule has 23 heavy (non-hydrogen) atoms. The van der Waals surface area contributed by atoms with Gasteiger partial charge in [0, 0.05) is 18.3 Å². The maximum absolute atomic E-state index is 12.8. The van der Waals surface area contributed by atoms with Gasteiger partial charge in [0.05, 0.1) is 0 Å². The van der Waals surface area contributed by atoms with Crippen LogP contribution in [-0.4, -0.2) is 29.5 Å². The van der Waals surface area contributed by atoms with Gasteiger partial charge in [0.15, 0.2) is 12.0 Å². The van der Waals surface area contributed by atoms with Gasteiger partial charge in [-0.05, 0) is 24.6 Å². The first-order valence-corrected chi connectivity index (χ1v) is 7.52. The third-order valence-corrected chi connectivity index (χ3v) is 4.44. The average molecular weight is 305 g/mol. The van der Waals surface area contributed by atoms with Crippen molar-refractivity contribution >= 4 is 17.4 Å². The van der Waals surface area contributed by atoms with Crippen LogP contribution in [0.3, 0.4) is 0 Å². The smallest absolute Gasteiger partial charge is 0.267 e. The summed E-state index contributed by atoms with van der Waals surface area (Å²) in [5, 5.41) is 15.9. The molecule has 6 nitrogen and oxygen atoms in total. The first-order valence-electron chi connectivity index (χ1n) is 7.52. The van der Waals surface area contributed by atoms with Gasteiger partial charge in [-0.2, -0.15) is 5.26 Å². The molecule has 1 amide bonds. The van der Waals surface area contributed by atoms with E-state index in [-0.39, 0.29) is 5.91 Å². The van der Waals surface area contributed by atoms with Crippen molar-refractivity contribution in [1.29, 1.82) is 5.26 Å². The first-order chi connectivity index (χ1) is 11.2. The zero-order valence-electron chi connectivity index (χ0n) is 12.4. The molecule has 1 fully saturated rings. The van der Waals surface area contributed by atoms with Crippen molar-refractivity contribution in [2.45, 2.75) is 12.0 Å². The Morgan fingerprint density at radius 1 is 1.26 bits per heavy atom. The fourth-order valence-corrected chi connectivity index (χ4v) is 3.19. The zero-order chi connectivity index (χ0) is 15.9. The summed E-state index contributed by atoms with van der Waals surface area (Å²) in [5.74, 6) is 0.360. The summed E-state index contributed by atoms with van der Waals surface area (Å²) < 4.78 is 0. The third-order valence-electron chi connectivity index (χ3n) is 4.44. The van der Waals surface area contributed by atoms with Gasteiger partial charge in [0.25, 0.3) is 5.91 Å². The Hall–Kier alpha value is -2.91. The van der Waals surface area contributed by atoms with Gasteiger partial charge in [-0.15, -0.1) is 0 Å². The van der Waals surface area contributed by atoms with Crippen LogP contribution in [0.4, 0.5) is 11.5 Å². The van der Waals surface area contributed by atoms with E-state index in [2.05, 4.69) is 15.6 Å². The number of fused-ring (bicyclic) bond motifs is 1. The molecule has 1 spiro atoms. The summed E-state index contributed by atoms with van der Waals surface area (Å²) in [4.78, 5) is 18.4. The van der Waals surface area contributed by atoms with Crippen LogP contribution in [0.15, 0.2) is 42.6 Å². The number of nitriles is 1. The molecule has 0 bridgehead atoms. The summed E-state index contributed by atoms with van der Waals surface area (Å²) in [7, 11) is 0. The van der Waals surface area contributed by atoms with E-state index in [9.17, 15) is 10.1 Å². The molecule has 1 saturated heterocycles. The minimum Gasteiger partial charge on any atom is -0.353 e. The summed E-state index contributed by atoms with van der Waals surface area (Å²) in [6, 6.07) is 11.6. The molecule has 2 aliphatic heterocycles. The Morgan fingerprint density at radius 3 is 2.78 bits per heavy atom. The van der Waals surface area contributed by atoms with Gasteiger partial charge in [-0.1, -0.05) is 30.3 Å². The highest BCUT2D eigenvalue weighted by molar-refractivity contribution is 6.10. The highest BCUT2D eigenvalue weighted by Crippen LogP contribution is 2.38. The van der Waals surface area contributed by atoms with Gasteiger partial charge in [-0.25, -0.2) is 9.88 Å². The van der Waals surface area contributed by atoms with Gasteiger partial charge in [0.2, 0.25) is 0 Å². The predicted molar refractivity (Wildman–Crippen MR) is 86.6 cm³/mol. The van der Waals surface area contributed by atoms with E-state index < -0.39 is 5.54 Å². The first kappa shape index (κ1) is 13.7. The van der Waals surface area contributed by atoms with Crippen molar-refractivity contribution in [3.05, 3.63) is 42.6 Å². The van der Waals surface area contributed by atoms with Gasteiger partial charge in [0.1, 0.15) is 11.2 Å². The molecule has 1 aromatic heterocycles. The Kier molecular flexibility index (Phi) is 3.03. The second kappa shape index (κ2) is 5.07. The largest absolute Gasteiger partial charge is 0.353 e. The number of hydrogen-bond donors (Lipinski definition) is 2. The molecule has 3 heterocycles. The monoisotopic (exact) mass is 305 g/mol. The molecule has 1 unspecified atom stereocenters. The Balaban J connectivity index is 1.81. The molecule has 0 saturated carbocycles. The lowest BCUT2D eigenvalue weighted by molar-refractivity contribution is -0.121. The highest BCUT2D eigenvalue weighted by Gasteiger charge is 2.48. The van der Waals surface area contributed by atoms with E-state index >= 15 is 0 Å². The molecule has 1 aromatic carbocycles. The number of nitrogens with one attached hydrogen (secondary N) is 2. The van der Waals surface area contributed by atoms with Crippen LogP contribution >= 0.6 is 0 Å². The molecule has 0 aliphatic carbocycles. The molecule has 0 radical (unpaired) electrons. The number of carbonyl (C=O) groups is 1. The standard InChI is InChI=1S/C17H15N5O/c18-11-22-14-8-13(12-4-2-1-3-5-12)9-20-15(14)21-17(16(22)23)6-7-19-10-17/h1-5,8-9,19H,6-7,10H2,(H,20,21). The lowest BCUT2D eigenvalue weighted by Crippen LogP contribution is -2.57. The number of amides is 1. The van der Waals surface area contributed by atoms with E-state index in [4.69, 9.17) is 0 Å². The topological polar surface area (TPSA) is 81.0 Å². The summed E-state index contributed by atoms with van der Waals surface area (Å²) in [5.41, 5.74) is 1.62. The molecule has 4 rings (SSSR count). The molecular formula is C17H15N5O. The van der Waals surface area contributed by atoms with Crippen LogP contribution < -0.4 is 15.5 Å². The Bertz CT molecular complexity index is 805.